The van der Waals surface area contributed by atoms with Gasteiger partial charge < -0.3 is 20.1 Å². The molecule has 2 aromatic rings. The van der Waals surface area contributed by atoms with Crippen molar-refractivity contribution in [2.24, 2.45) is 5.73 Å². The minimum Gasteiger partial charge on any atom is -0.490 e. The predicted molar refractivity (Wildman–Crippen MR) is 169 cm³/mol. The van der Waals surface area contributed by atoms with Crippen molar-refractivity contribution >= 4 is 64.2 Å². The second kappa shape index (κ2) is 15.6. The zero-order valence-electron chi connectivity index (χ0n) is 23.7. The Kier molecular flexibility index (Phi) is 13.6. The normalized spacial score (nSPS) is 13.6. The van der Waals surface area contributed by atoms with Crippen molar-refractivity contribution in [1.82, 2.24) is 4.90 Å². The number of carbonyl (C=O) groups is 1. The zero-order valence-corrected chi connectivity index (χ0v) is 26.1. The van der Waals surface area contributed by atoms with E-state index in [1.807, 2.05) is 24.8 Å². The number of sulfonamides is 1. The molecular formula is C28H39Cl2N5O5S. The smallest absolute Gasteiger partial charge is 0.322 e. The van der Waals surface area contributed by atoms with Gasteiger partial charge in [-0.3, -0.25) is 19.9 Å². The molecule has 0 aliphatic carbocycles. The first-order valence-electron chi connectivity index (χ1n) is 12.7. The number of amidine groups is 2. The summed E-state index contributed by atoms with van der Waals surface area (Å²) in [6.07, 6.45) is 5.03. The number of benzene rings is 2. The van der Waals surface area contributed by atoms with Crippen LogP contribution in [0.15, 0.2) is 42.5 Å². The number of halogens is 2. The number of aryl methyl sites for hydroxylation is 2. The van der Waals surface area contributed by atoms with E-state index in [4.69, 9.17) is 21.3 Å². The third kappa shape index (κ3) is 9.65. The van der Waals surface area contributed by atoms with Gasteiger partial charge in [-0.15, -0.1) is 24.8 Å². The van der Waals surface area contributed by atoms with E-state index in [1.165, 1.54) is 4.31 Å². The Morgan fingerprint density at radius 1 is 1.12 bits per heavy atom. The Morgan fingerprint density at radius 2 is 1.73 bits per heavy atom. The van der Waals surface area contributed by atoms with Crippen LogP contribution in [-0.4, -0.2) is 69.6 Å². The van der Waals surface area contributed by atoms with Gasteiger partial charge in [-0.25, -0.2) is 8.42 Å². The molecule has 1 aliphatic rings. The summed E-state index contributed by atoms with van der Waals surface area (Å²) in [5, 5.41) is 15.4. The van der Waals surface area contributed by atoms with E-state index < -0.39 is 21.7 Å². The molecule has 0 radical (unpaired) electrons. The summed E-state index contributed by atoms with van der Waals surface area (Å²) in [5.74, 6) is -0.433. The number of nitrogens with two attached hydrogens (primary N) is 1. The third-order valence-electron chi connectivity index (χ3n) is 6.58. The summed E-state index contributed by atoms with van der Waals surface area (Å²) in [6, 6.07) is 10.5. The highest BCUT2D eigenvalue weighted by atomic mass is 35.5. The number of nitrogens with one attached hydrogen (secondary N) is 2. The highest BCUT2D eigenvalue weighted by Crippen LogP contribution is 2.32. The number of piperidine rings is 1. The maximum Gasteiger partial charge on any atom is 0.322 e. The number of anilines is 1. The molecule has 4 N–H and O–H groups in total. The van der Waals surface area contributed by atoms with Crippen LogP contribution >= 0.6 is 24.8 Å². The molecule has 0 unspecified atom stereocenters. The van der Waals surface area contributed by atoms with Crippen LogP contribution < -0.4 is 14.8 Å². The first-order chi connectivity index (χ1) is 18.4. The Morgan fingerprint density at radius 3 is 2.27 bits per heavy atom. The van der Waals surface area contributed by atoms with Gasteiger partial charge >= 0.3 is 5.97 Å². The molecule has 0 saturated carbocycles. The molecule has 0 spiro atoms. The van der Waals surface area contributed by atoms with Gasteiger partial charge in [-0.1, -0.05) is 30.4 Å². The van der Waals surface area contributed by atoms with Crippen LogP contribution in [-0.2, 0) is 19.6 Å². The van der Waals surface area contributed by atoms with E-state index in [-0.39, 0.29) is 43.3 Å². The van der Waals surface area contributed by atoms with Crippen molar-refractivity contribution < 1.29 is 22.7 Å². The Labute approximate surface area is 254 Å². The minimum atomic E-state index is -4.06. The molecule has 226 valence electrons. The van der Waals surface area contributed by atoms with Crippen molar-refractivity contribution in [3.8, 4) is 5.75 Å². The first kappa shape index (κ1) is 35.7. The van der Waals surface area contributed by atoms with Gasteiger partial charge in [-0.2, -0.15) is 0 Å². The highest BCUT2D eigenvalue weighted by Gasteiger charge is 2.27. The fourth-order valence-electron chi connectivity index (χ4n) is 4.49. The molecule has 41 heavy (non-hydrogen) atoms. The van der Waals surface area contributed by atoms with Crippen LogP contribution in [0.2, 0.25) is 0 Å². The lowest BCUT2D eigenvalue weighted by molar-refractivity contribution is -0.137. The van der Waals surface area contributed by atoms with Crippen molar-refractivity contribution in [3.63, 3.8) is 0 Å². The molecule has 0 amide bonds. The molecule has 0 bridgehead atoms. The molecule has 3 rings (SSSR count). The third-order valence-corrected chi connectivity index (χ3v) is 8.21. The summed E-state index contributed by atoms with van der Waals surface area (Å²) in [6.45, 7) is 7.03. The first-order valence-corrected chi connectivity index (χ1v) is 14.3. The maximum atomic E-state index is 13.3. The molecule has 2 aromatic carbocycles. The minimum absolute atomic E-state index is 0. The molecule has 1 fully saturated rings. The quantitative estimate of drug-likeness (QED) is 0.202. The van der Waals surface area contributed by atoms with E-state index in [9.17, 15) is 13.2 Å². The zero-order chi connectivity index (χ0) is 28.7. The summed E-state index contributed by atoms with van der Waals surface area (Å²) in [4.78, 5) is 13.9. The number of hydrogen-bond acceptors (Lipinski definition) is 7. The van der Waals surface area contributed by atoms with Gasteiger partial charge in [0.1, 0.15) is 17.7 Å². The molecule has 1 heterocycles. The average molecular weight is 629 g/mol. The average Bonchev–Trinajstić information content (AvgIpc) is 2.88. The number of carbonyl (C=O) groups excluding carboxylic acids is 1. The largest absolute Gasteiger partial charge is 0.490 e. The lowest BCUT2D eigenvalue weighted by atomic mass is 10.1. The van der Waals surface area contributed by atoms with Crippen LogP contribution in [0, 0.1) is 24.7 Å². The monoisotopic (exact) mass is 627 g/mol. The number of nitrogens with zero attached hydrogens (tertiary/aromatic N) is 2. The standard InChI is InChI=1S/C28H37N5O5S.2ClH/c1-19-15-24(16-20(2)27(19)38-25-10-13-32(14-11-25)21(3)29)33(39(35,36)18-26(34)37-4)12-6-8-22-7-5-9-23(17-22)28(30)31;;/h5-9,15-17,25,29H,10-14,18H2,1-4H3,(H3,30,31);2*1H/b8-6+,29-21?;;. The summed E-state index contributed by atoms with van der Waals surface area (Å²) in [7, 11) is -2.91. The van der Waals surface area contributed by atoms with Crippen molar-refractivity contribution in [3.05, 3.63) is 64.7 Å². The summed E-state index contributed by atoms with van der Waals surface area (Å²) < 4.78 is 38.7. The fraction of sp³-hybridized carbons (Fsp3) is 0.393. The molecule has 10 nitrogen and oxygen atoms in total. The van der Waals surface area contributed by atoms with Crippen molar-refractivity contribution in [2.45, 2.75) is 39.7 Å². The molecule has 1 saturated heterocycles. The molecule has 1 aliphatic heterocycles. The van der Waals surface area contributed by atoms with E-state index in [0.717, 1.165) is 49.7 Å². The number of hydrogen-bond donors (Lipinski definition) is 3. The molecule has 13 heteroatoms. The van der Waals surface area contributed by atoms with Crippen molar-refractivity contribution in [1.29, 1.82) is 10.8 Å². The summed E-state index contributed by atoms with van der Waals surface area (Å²) in [5.41, 5.74) is 8.88. The van der Waals surface area contributed by atoms with E-state index in [2.05, 4.69) is 4.74 Å². The Bertz CT molecular complexity index is 1350. The van der Waals surface area contributed by atoms with Crippen molar-refractivity contribution in [2.75, 3.05) is 36.8 Å². The van der Waals surface area contributed by atoms with Gasteiger partial charge in [0, 0.05) is 31.5 Å². The number of ether oxygens (including phenoxy) is 2. The van der Waals surface area contributed by atoms with Gasteiger partial charge in [0.25, 0.3) is 0 Å². The van der Waals surface area contributed by atoms with Crippen LogP contribution in [0.3, 0.4) is 0 Å². The highest BCUT2D eigenvalue weighted by molar-refractivity contribution is 7.93. The van der Waals surface area contributed by atoms with Crippen LogP contribution in [0.5, 0.6) is 5.75 Å². The van der Waals surface area contributed by atoms with Gasteiger partial charge in [-0.05, 0) is 55.7 Å². The topological polar surface area (TPSA) is 150 Å². The number of nitrogen functional groups attached to an aromatic ring is 1. The number of methoxy groups -OCH3 is 1. The van der Waals surface area contributed by atoms with Crippen LogP contribution in [0.4, 0.5) is 5.69 Å². The van der Waals surface area contributed by atoms with Gasteiger partial charge in [0.2, 0.25) is 10.0 Å². The Balaban J connectivity index is 0.00000420. The van der Waals surface area contributed by atoms with Crippen LogP contribution in [0.1, 0.15) is 42.0 Å². The molecule has 0 aromatic heterocycles. The number of likely N-dealkylation sites (tertiary alicyclic amines) is 1. The SMILES string of the molecule is COC(=O)CS(=O)(=O)N(C/C=C/c1cccc(C(=N)N)c1)c1cc(C)c(OC2CCN(C(C)=N)CC2)c(C)c1.Cl.Cl. The van der Waals surface area contributed by atoms with E-state index in [0.29, 0.717) is 22.8 Å². The predicted octanol–water partition coefficient (Wildman–Crippen LogP) is 4.29. The molecular weight excluding hydrogens is 589 g/mol. The lowest BCUT2D eigenvalue weighted by Gasteiger charge is -2.33. The van der Waals surface area contributed by atoms with Gasteiger partial charge in [0.05, 0.1) is 25.2 Å². The summed E-state index contributed by atoms with van der Waals surface area (Å²) >= 11 is 0. The van der Waals surface area contributed by atoms with E-state index >= 15 is 0 Å². The van der Waals surface area contributed by atoms with Crippen LogP contribution in [0.25, 0.3) is 6.08 Å². The second-order valence-corrected chi connectivity index (χ2v) is 11.5. The Hall–Kier alpha value is -3.28. The number of esters is 1. The second-order valence-electron chi connectivity index (χ2n) is 9.60. The number of rotatable bonds is 10. The maximum absolute atomic E-state index is 13.3. The van der Waals surface area contributed by atoms with E-state index in [1.54, 1.807) is 49.4 Å². The fourth-order valence-corrected chi connectivity index (χ4v) is 5.80. The molecule has 0 atom stereocenters. The van der Waals surface area contributed by atoms with Gasteiger partial charge in [0.15, 0.2) is 5.75 Å². The lowest BCUT2D eigenvalue weighted by Crippen LogP contribution is -2.40.